The Morgan fingerprint density at radius 3 is 1.86 bits per heavy atom. The van der Waals surface area contributed by atoms with Gasteiger partial charge in [-0.3, -0.25) is 9.59 Å². The third kappa shape index (κ3) is 11.6. The molecule has 6 nitrogen and oxygen atoms in total. The minimum atomic E-state index is -4.47. The Hall–Kier alpha value is -2.86. The smallest absolute Gasteiger partial charge is 0.416 e. The number of benzene rings is 3. The molecule has 232 valence electrons. The molecule has 0 saturated heterocycles. The summed E-state index contributed by atoms with van der Waals surface area (Å²) in [7, 11) is -4.10. The Morgan fingerprint density at radius 2 is 1.30 bits per heavy atom. The molecule has 0 spiro atoms. The highest BCUT2D eigenvalue weighted by Gasteiger charge is 2.35. The fourth-order valence-corrected chi connectivity index (χ4v) is 5.61. The Balaban J connectivity index is 1.64. The molecule has 0 aliphatic rings. The lowest BCUT2D eigenvalue weighted by Gasteiger charge is -2.19. The average molecular weight is 684 g/mol. The van der Waals surface area contributed by atoms with Gasteiger partial charge in [-0.25, -0.2) is 12.8 Å². The lowest BCUT2D eigenvalue weighted by atomic mass is 10.1. The average Bonchev–Trinajstić information content (AvgIpc) is 2.93. The molecule has 3 rings (SSSR count). The number of halogens is 7. The van der Waals surface area contributed by atoms with Crippen LogP contribution in [0.25, 0.3) is 0 Å². The number of rotatable bonds is 12. The summed E-state index contributed by atoms with van der Waals surface area (Å²) in [5.41, 5.74) is 1.06. The fourth-order valence-electron chi connectivity index (χ4n) is 3.84. The molecule has 14 heteroatoms. The lowest BCUT2D eigenvalue weighted by Crippen LogP contribution is -2.37. The highest BCUT2D eigenvalue weighted by Crippen LogP contribution is 2.29. The van der Waals surface area contributed by atoms with E-state index in [4.69, 9.17) is 44.3 Å². The summed E-state index contributed by atoms with van der Waals surface area (Å²) in [6.45, 7) is -0.892. The maximum atomic E-state index is 13.2. The van der Waals surface area contributed by atoms with Gasteiger partial charge in [0.2, 0.25) is 3.79 Å². The molecule has 1 atom stereocenters. The Morgan fingerprint density at radius 1 is 0.767 bits per heavy atom. The van der Waals surface area contributed by atoms with Gasteiger partial charge in [-0.2, -0.15) is 13.2 Å². The van der Waals surface area contributed by atoms with Crippen molar-refractivity contribution in [3.05, 3.63) is 106 Å². The molecular formula is C29H25Cl3F4O6S. The quantitative estimate of drug-likeness (QED) is 0.121. The normalized spacial score (nSPS) is 12.9. The topological polar surface area (TPSA) is 86.7 Å². The van der Waals surface area contributed by atoms with E-state index >= 15 is 0 Å². The van der Waals surface area contributed by atoms with Crippen LogP contribution in [0.1, 0.15) is 27.8 Å². The SMILES string of the molecule is O=C(Cc1ccc(CC(C(=O)OCC(Cl)(Cl)Cl)S(=O)(=O)CCc2ccc(F)cc2)cc1)OCc1ccc(C(F)(F)F)cc1. The van der Waals surface area contributed by atoms with Crippen molar-refractivity contribution in [1.82, 2.24) is 0 Å². The van der Waals surface area contributed by atoms with E-state index in [1.807, 2.05) is 0 Å². The van der Waals surface area contributed by atoms with Crippen LogP contribution in [0.2, 0.25) is 0 Å². The zero-order valence-electron chi connectivity index (χ0n) is 22.3. The molecule has 0 heterocycles. The number of carbonyl (C=O) groups excluding carboxylic acids is 2. The third-order valence-electron chi connectivity index (χ3n) is 6.14. The summed E-state index contributed by atoms with van der Waals surface area (Å²) < 4.78 is 85.9. The fraction of sp³-hybridized carbons (Fsp3) is 0.310. The maximum Gasteiger partial charge on any atom is 0.416 e. The van der Waals surface area contributed by atoms with Crippen molar-refractivity contribution < 1.29 is 45.0 Å². The van der Waals surface area contributed by atoms with Gasteiger partial charge in [0.25, 0.3) is 0 Å². The summed E-state index contributed by atoms with van der Waals surface area (Å²) in [6, 6.07) is 15.6. The molecule has 0 N–H and O–H groups in total. The van der Waals surface area contributed by atoms with Crippen LogP contribution in [0, 0.1) is 5.82 Å². The molecule has 0 fully saturated rings. The number of esters is 2. The number of alkyl halides is 6. The third-order valence-corrected chi connectivity index (χ3v) is 8.46. The van der Waals surface area contributed by atoms with E-state index in [1.165, 1.54) is 48.5 Å². The Kier molecular flexibility index (Phi) is 11.9. The van der Waals surface area contributed by atoms with Crippen LogP contribution in [-0.2, 0) is 60.9 Å². The van der Waals surface area contributed by atoms with Crippen molar-refractivity contribution in [3.8, 4) is 0 Å². The minimum Gasteiger partial charge on any atom is -0.461 e. The number of hydrogen-bond donors (Lipinski definition) is 0. The van der Waals surface area contributed by atoms with Gasteiger partial charge in [0.1, 0.15) is 19.0 Å². The van der Waals surface area contributed by atoms with E-state index in [2.05, 4.69) is 0 Å². The van der Waals surface area contributed by atoms with Crippen molar-refractivity contribution in [3.63, 3.8) is 0 Å². The Bertz CT molecular complexity index is 1490. The number of aryl methyl sites for hydroxylation is 1. The standard InChI is InChI=1S/C29H25Cl3F4O6S/c30-28(31,32)18-42-27(38)25(43(39,40)14-13-19-7-11-24(33)12-8-19)15-20-1-3-21(4-2-20)16-26(37)41-17-22-5-9-23(10-6-22)29(34,35)36/h1-12,25H,13-18H2. The van der Waals surface area contributed by atoms with Gasteiger partial charge in [-0.05, 0) is 59.4 Å². The first kappa shape index (κ1) is 34.6. The first-order valence-corrected chi connectivity index (χ1v) is 15.5. The van der Waals surface area contributed by atoms with Crippen LogP contribution in [0.4, 0.5) is 17.6 Å². The summed E-state index contributed by atoms with van der Waals surface area (Å²) >= 11 is 16.9. The summed E-state index contributed by atoms with van der Waals surface area (Å²) in [6.07, 6.45) is -4.89. The molecule has 0 aromatic heterocycles. The number of carbonyl (C=O) groups is 2. The largest absolute Gasteiger partial charge is 0.461 e. The highest BCUT2D eigenvalue weighted by molar-refractivity contribution is 7.92. The minimum absolute atomic E-state index is 0.0182. The second-order valence-corrected chi connectivity index (χ2v) is 14.3. The van der Waals surface area contributed by atoms with E-state index in [1.54, 1.807) is 12.1 Å². The van der Waals surface area contributed by atoms with Crippen molar-refractivity contribution in [2.45, 2.75) is 41.1 Å². The van der Waals surface area contributed by atoms with E-state index in [9.17, 15) is 35.6 Å². The van der Waals surface area contributed by atoms with E-state index in [-0.39, 0.29) is 25.9 Å². The van der Waals surface area contributed by atoms with Crippen LogP contribution in [0.3, 0.4) is 0 Å². The van der Waals surface area contributed by atoms with Gasteiger partial charge in [0.15, 0.2) is 15.1 Å². The monoisotopic (exact) mass is 682 g/mol. The second-order valence-electron chi connectivity index (χ2n) is 9.51. The van der Waals surface area contributed by atoms with Crippen LogP contribution in [0.15, 0.2) is 72.8 Å². The molecule has 43 heavy (non-hydrogen) atoms. The molecule has 0 amide bonds. The lowest BCUT2D eigenvalue weighted by molar-refractivity contribution is -0.144. The van der Waals surface area contributed by atoms with Crippen LogP contribution < -0.4 is 0 Å². The van der Waals surface area contributed by atoms with Crippen molar-refractivity contribution in [1.29, 1.82) is 0 Å². The zero-order chi connectivity index (χ0) is 31.8. The first-order chi connectivity index (χ1) is 20.0. The molecule has 0 bridgehead atoms. The maximum absolute atomic E-state index is 13.2. The zero-order valence-corrected chi connectivity index (χ0v) is 25.3. The molecule has 1 unspecified atom stereocenters. The second kappa shape index (κ2) is 14.7. The van der Waals surface area contributed by atoms with E-state index in [0.29, 0.717) is 22.3 Å². The number of sulfone groups is 1. The first-order valence-electron chi connectivity index (χ1n) is 12.6. The van der Waals surface area contributed by atoms with Crippen molar-refractivity contribution in [2.24, 2.45) is 0 Å². The van der Waals surface area contributed by atoms with Gasteiger partial charge in [-0.15, -0.1) is 0 Å². The van der Waals surface area contributed by atoms with Crippen molar-refractivity contribution in [2.75, 3.05) is 12.4 Å². The summed E-state index contributed by atoms with van der Waals surface area (Å²) in [5.74, 6) is -2.66. The van der Waals surface area contributed by atoms with Gasteiger partial charge >= 0.3 is 18.1 Å². The van der Waals surface area contributed by atoms with Gasteiger partial charge in [0, 0.05) is 0 Å². The summed E-state index contributed by atoms with van der Waals surface area (Å²) in [4.78, 5) is 25.1. The molecular weight excluding hydrogens is 659 g/mol. The van der Waals surface area contributed by atoms with Crippen LogP contribution in [0.5, 0.6) is 0 Å². The molecule has 3 aromatic carbocycles. The number of hydrogen-bond acceptors (Lipinski definition) is 6. The molecule has 0 aliphatic heterocycles. The predicted molar refractivity (Wildman–Crippen MR) is 154 cm³/mol. The molecule has 0 radical (unpaired) electrons. The predicted octanol–water partition coefficient (Wildman–Crippen LogP) is 6.61. The van der Waals surface area contributed by atoms with E-state index < -0.39 is 60.7 Å². The summed E-state index contributed by atoms with van der Waals surface area (Å²) in [5, 5.41) is -1.64. The molecule has 0 aliphatic carbocycles. The molecule has 3 aromatic rings. The van der Waals surface area contributed by atoms with E-state index in [0.717, 1.165) is 12.1 Å². The van der Waals surface area contributed by atoms with Crippen LogP contribution >= 0.6 is 34.8 Å². The van der Waals surface area contributed by atoms with Crippen LogP contribution in [-0.4, -0.2) is 41.8 Å². The van der Waals surface area contributed by atoms with Gasteiger partial charge in [0.05, 0.1) is 17.7 Å². The number of ether oxygens (including phenoxy) is 2. The van der Waals surface area contributed by atoms with Crippen molar-refractivity contribution >= 4 is 56.6 Å². The highest BCUT2D eigenvalue weighted by atomic mass is 35.6. The Labute approximate surface area is 260 Å². The molecule has 0 saturated carbocycles. The van der Waals surface area contributed by atoms with Gasteiger partial charge < -0.3 is 9.47 Å². The van der Waals surface area contributed by atoms with Gasteiger partial charge in [-0.1, -0.05) is 83.3 Å².